The standard InChI is InChI=1S/C18H25BrN2O2/c1-14(22)20-11-4-2-3-10-18(23)21-12-6-9-17(21)15-7-5-8-16(19)13-15/h5,7-8,13,17H,2-4,6,9-12H2,1H3,(H,20,22). The average molecular weight is 381 g/mol. The molecular weight excluding hydrogens is 356 g/mol. The summed E-state index contributed by atoms with van der Waals surface area (Å²) in [6.07, 6.45) is 5.52. The summed E-state index contributed by atoms with van der Waals surface area (Å²) in [5.41, 5.74) is 1.22. The third-order valence-corrected chi connectivity index (χ3v) is 4.74. The first-order valence-electron chi connectivity index (χ1n) is 8.37. The van der Waals surface area contributed by atoms with Gasteiger partial charge in [0.1, 0.15) is 0 Å². The Morgan fingerprint density at radius 1 is 1.30 bits per heavy atom. The van der Waals surface area contributed by atoms with Crippen LogP contribution in [0.15, 0.2) is 28.7 Å². The molecule has 1 aliphatic heterocycles. The van der Waals surface area contributed by atoms with E-state index in [1.807, 2.05) is 17.0 Å². The van der Waals surface area contributed by atoms with E-state index in [0.717, 1.165) is 43.1 Å². The molecule has 126 valence electrons. The monoisotopic (exact) mass is 380 g/mol. The Hall–Kier alpha value is -1.36. The summed E-state index contributed by atoms with van der Waals surface area (Å²) >= 11 is 3.51. The van der Waals surface area contributed by atoms with Crippen LogP contribution < -0.4 is 5.32 Å². The first kappa shape index (κ1) is 18.0. The summed E-state index contributed by atoms with van der Waals surface area (Å²) in [5.74, 6) is 0.266. The minimum Gasteiger partial charge on any atom is -0.356 e. The van der Waals surface area contributed by atoms with Crippen LogP contribution in [-0.2, 0) is 9.59 Å². The fourth-order valence-electron chi connectivity index (χ4n) is 3.11. The van der Waals surface area contributed by atoms with E-state index in [9.17, 15) is 9.59 Å². The minimum atomic E-state index is 0.00927. The third kappa shape index (κ3) is 5.65. The van der Waals surface area contributed by atoms with Crippen molar-refractivity contribution >= 4 is 27.7 Å². The smallest absolute Gasteiger partial charge is 0.223 e. The molecule has 1 aromatic rings. The molecular formula is C18H25BrN2O2. The number of nitrogens with one attached hydrogen (secondary N) is 1. The maximum absolute atomic E-state index is 12.5. The summed E-state index contributed by atoms with van der Waals surface area (Å²) in [6, 6.07) is 8.49. The molecule has 1 fully saturated rings. The molecule has 23 heavy (non-hydrogen) atoms. The average Bonchev–Trinajstić information content (AvgIpc) is 3.00. The van der Waals surface area contributed by atoms with Crippen molar-refractivity contribution < 1.29 is 9.59 Å². The van der Waals surface area contributed by atoms with Gasteiger partial charge in [-0.25, -0.2) is 0 Å². The SMILES string of the molecule is CC(=O)NCCCCCC(=O)N1CCCC1c1cccc(Br)c1. The lowest BCUT2D eigenvalue weighted by Crippen LogP contribution is -2.30. The highest BCUT2D eigenvalue weighted by Gasteiger charge is 2.29. The number of carbonyl (C=O) groups excluding carboxylic acids is 2. The van der Waals surface area contributed by atoms with Crippen LogP contribution in [0.3, 0.4) is 0 Å². The summed E-state index contributed by atoms with van der Waals surface area (Å²) in [7, 11) is 0. The lowest BCUT2D eigenvalue weighted by Gasteiger charge is -2.25. The minimum absolute atomic E-state index is 0.00927. The van der Waals surface area contributed by atoms with E-state index in [1.54, 1.807) is 0 Å². The summed E-state index contributed by atoms with van der Waals surface area (Å²) in [6.45, 7) is 3.09. The summed E-state index contributed by atoms with van der Waals surface area (Å²) in [4.78, 5) is 25.3. The first-order chi connectivity index (χ1) is 11.1. The maximum Gasteiger partial charge on any atom is 0.223 e. The maximum atomic E-state index is 12.5. The van der Waals surface area contributed by atoms with Crippen LogP contribution >= 0.6 is 15.9 Å². The van der Waals surface area contributed by atoms with Crippen molar-refractivity contribution in [1.82, 2.24) is 10.2 Å². The van der Waals surface area contributed by atoms with Crippen LogP contribution in [-0.4, -0.2) is 29.8 Å². The predicted molar refractivity (Wildman–Crippen MR) is 95.0 cm³/mol. The van der Waals surface area contributed by atoms with Crippen molar-refractivity contribution in [3.05, 3.63) is 34.3 Å². The Balaban J connectivity index is 1.78. The van der Waals surface area contributed by atoms with Gasteiger partial charge in [-0.3, -0.25) is 9.59 Å². The fourth-order valence-corrected chi connectivity index (χ4v) is 3.53. The molecule has 5 heteroatoms. The number of amides is 2. The molecule has 2 rings (SSSR count). The van der Waals surface area contributed by atoms with E-state index in [-0.39, 0.29) is 17.9 Å². The molecule has 1 aromatic carbocycles. The van der Waals surface area contributed by atoms with Crippen molar-refractivity contribution in [2.45, 2.75) is 51.5 Å². The van der Waals surface area contributed by atoms with E-state index >= 15 is 0 Å². The second kappa shape index (κ2) is 9.06. The number of hydrogen-bond acceptors (Lipinski definition) is 2. The Kier molecular flexibility index (Phi) is 7.09. The van der Waals surface area contributed by atoms with Crippen LogP contribution in [0.2, 0.25) is 0 Å². The molecule has 1 saturated heterocycles. The van der Waals surface area contributed by atoms with E-state index in [4.69, 9.17) is 0 Å². The van der Waals surface area contributed by atoms with Gasteiger partial charge in [-0.15, -0.1) is 0 Å². The van der Waals surface area contributed by atoms with Gasteiger partial charge in [0.05, 0.1) is 6.04 Å². The number of hydrogen-bond donors (Lipinski definition) is 1. The van der Waals surface area contributed by atoms with E-state index in [0.29, 0.717) is 13.0 Å². The van der Waals surface area contributed by atoms with Crippen molar-refractivity contribution in [3.8, 4) is 0 Å². The molecule has 0 spiro atoms. The number of unbranched alkanes of at least 4 members (excludes halogenated alkanes) is 2. The molecule has 0 saturated carbocycles. The van der Waals surface area contributed by atoms with Gasteiger partial charge in [0.2, 0.25) is 11.8 Å². The highest BCUT2D eigenvalue weighted by molar-refractivity contribution is 9.10. The lowest BCUT2D eigenvalue weighted by molar-refractivity contribution is -0.132. The predicted octanol–water partition coefficient (Wildman–Crippen LogP) is 3.81. The molecule has 0 radical (unpaired) electrons. The van der Waals surface area contributed by atoms with Crippen LogP contribution in [0.1, 0.15) is 57.1 Å². The van der Waals surface area contributed by atoms with Crippen molar-refractivity contribution in [1.29, 1.82) is 0 Å². The topological polar surface area (TPSA) is 49.4 Å². The van der Waals surface area contributed by atoms with Gasteiger partial charge in [-0.2, -0.15) is 0 Å². The Morgan fingerprint density at radius 2 is 2.13 bits per heavy atom. The van der Waals surface area contributed by atoms with Gasteiger partial charge in [-0.05, 0) is 43.4 Å². The zero-order chi connectivity index (χ0) is 16.7. The Bertz CT molecular complexity index is 548. The van der Waals surface area contributed by atoms with Gasteiger partial charge >= 0.3 is 0 Å². The van der Waals surface area contributed by atoms with Crippen LogP contribution in [0.5, 0.6) is 0 Å². The van der Waals surface area contributed by atoms with Crippen molar-refractivity contribution in [2.75, 3.05) is 13.1 Å². The Morgan fingerprint density at radius 3 is 2.87 bits per heavy atom. The molecule has 0 aromatic heterocycles. The molecule has 0 aliphatic carbocycles. The Labute approximate surface area is 146 Å². The van der Waals surface area contributed by atoms with Gasteiger partial charge in [-0.1, -0.05) is 34.5 Å². The molecule has 1 atom stereocenters. The van der Waals surface area contributed by atoms with E-state index < -0.39 is 0 Å². The third-order valence-electron chi connectivity index (χ3n) is 4.25. The largest absolute Gasteiger partial charge is 0.356 e. The van der Waals surface area contributed by atoms with Crippen molar-refractivity contribution in [2.24, 2.45) is 0 Å². The highest BCUT2D eigenvalue weighted by atomic mass is 79.9. The molecule has 1 heterocycles. The number of carbonyl (C=O) groups is 2. The molecule has 0 bridgehead atoms. The molecule has 1 aliphatic rings. The molecule has 1 N–H and O–H groups in total. The number of halogens is 1. The first-order valence-corrected chi connectivity index (χ1v) is 9.16. The van der Waals surface area contributed by atoms with Gasteiger partial charge in [0.25, 0.3) is 0 Å². The second-order valence-corrected chi connectivity index (χ2v) is 7.01. The number of nitrogens with zero attached hydrogens (tertiary/aromatic N) is 1. The highest BCUT2D eigenvalue weighted by Crippen LogP contribution is 2.33. The quantitative estimate of drug-likeness (QED) is 0.731. The zero-order valence-corrected chi connectivity index (χ0v) is 15.3. The van der Waals surface area contributed by atoms with Gasteiger partial charge < -0.3 is 10.2 Å². The van der Waals surface area contributed by atoms with E-state index in [1.165, 1.54) is 12.5 Å². The zero-order valence-electron chi connectivity index (χ0n) is 13.7. The fraction of sp³-hybridized carbons (Fsp3) is 0.556. The van der Waals surface area contributed by atoms with Gasteiger partial charge in [0.15, 0.2) is 0 Å². The lowest BCUT2D eigenvalue weighted by atomic mass is 10.0. The van der Waals surface area contributed by atoms with Crippen LogP contribution in [0, 0.1) is 0 Å². The van der Waals surface area contributed by atoms with E-state index in [2.05, 4.69) is 33.4 Å². The number of benzene rings is 1. The number of rotatable bonds is 7. The van der Waals surface area contributed by atoms with Crippen LogP contribution in [0.25, 0.3) is 0 Å². The molecule has 2 amide bonds. The summed E-state index contributed by atoms with van der Waals surface area (Å²) in [5, 5.41) is 2.78. The normalized spacial score (nSPS) is 17.3. The summed E-state index contributed by atoms with van der Waals surface area (Å²) < 4.78 is 1.06. The number of likely N-dealkylation sites (tertiary alicyclic amines) is 1. The van der Waals surface area contributed by atoms with Crippen molar-refractivity contribution in [3.63, 3.8) is 0 Å². The molecule has 4 nitrogen and oxygen atoms in total. The van der Waals surface area contributed by atoms with Gasteiger partial charge in [0, 0.05) is 30.9 Å². The van der Waals surface area contributed by atoms with Crippen LogP contribution in [0.4, 0.5) is 0 Å². The molecule has 1 unspecified atom stereocenters. The second-order valence-electron chi connectivity index (χ2n) is 6.09.